The highest BCUT2D eigenvalue weighted by Gasteiger charge is 2.23. The Kier molecular flexibility index (Phi) is 7.17. The molecule has 0 aliphatic carbocycles. The number of para-hydroxylation sites is 1. The van der Waals surface area contributed by atoms with Crippen molar-refractivity contribution in [3.63, 3.8) is 0 Å². The van der Waals surface area contributed by atoms with E-state index < -0.39 is 22.5 Å². The molecule has 3 aromatic carbocycles. The normalized spacial score (nSPS) is 11.2. The van der Waals surface area contributed by atoms with Crippen molar-refractivity contribution in [2.24, 2.45) is 0 Å². The number of nitrogens with one attached hydrogen (secondary N) is 2. The molecule has 8 heteroatoms. The Labute approximate surface area is 181 Å². The molecule has 3 aromatic rings. The van der Waals surface area contributed by atoms with Crippen LogP contribution in [-0.2, 0) is 21.4 Å². The van der Waals surface area contributed by atoms with Crippen molar-refractivity contribution >= 4 is 27.5 Å². The lowest BCUT2D eigenvalue weighted by Gasteiger charge is -2.17. The summed E-state index contributed by atoms with van der Waals surface area (Å²) in [6, 6.07) is 23.9. The maximum Gasteiger partial charge on any atom is 0.253 e. The van der Waals surface area contributed by atoms with E-state index in [9.17, 15) is 18.0 Å². The van der Waals surface area contributed by atoms with Crippen molar-refractivity contribution in [2.45, 2.75) is 11.4 Å². The Morgan fingerprint density at radius 1 is 0.839 bits per heavy atom. The minimum atomic E-state index is -3.80. The number of likely N-dealkylation sites (N-methyl/N-ethyl adjacent to an activating group) is 1. The quantitative estimate of drug-likeness (QED) is 0.566. The van der Waals surface area contributed by atoms with Gasteiger partial charge in [0.2, 0.25) is 15.9 Å². The number of nitrogens with zero attached hydrogens (tertiary/aromatic N) is 1. The summed E-state index contributed by atoms with van der Waals surface area (Å²) in [6.07, 6.45) is 0. The number of carbonyl (C=O) groups is 2. The van der Waals surface area contributed by atoms with Crippen LogP contribution in [0.25, 0.3) is 0 Å². The van der Waals surface area contributed by atoms with E-state index in [1.807, 2.05) is 30.3 Å². The third-order valence-corrected chi connectivity index (χ3v) is 6.38. The Balaban J connectivity index is 1.66. The van der Waals surface area contributed by atoms with E-state index >= 15 is 0 Å². The second-order valence-electron chi connectivity index (χ2n) is 6.84. The molecule has 2 amide bonds. The highest BCUT2D eigenvalue weighted by atomic mass is 32.2. The van der Waals surface area contributed by atoms with Crippen LogP contribution in [0.4, 0.5) is 5.69 Å². The standard InChI is InChI=1S/C23H23N3O4S/c1-26(31(29,30)19-12-6-3-7-13-19)17-22(27)25-21-15-9-8-14-20(21)23(28)24-16-18-10-4-2-5-11-18/h2-15H,16-17H2,1H3,(H,24,28)(H,25,27). The van der Waals surface area contributed by atoms with Gasteiger partial charge in [0.25, 0.3) is 5.91 Å². The monoisotopic (exact) mass is 437 g/mol. The van der Waals surface area contributed by atoms with Crippen molar-refractivity contribution in [1.82, 2.24) is 9.62 Å². The number of hydrogen-bond acceptors (Lipinski definition) is 4. The SMILES string of the molecule is CN(CC(=O)Nc1ccccc1C(=O)NCc1ccccc1)S(=O)(=O)c1ccccc1. The van der Waals surface area contributed by atoms with Gasteiger partial charge in [-0.05, 0) is 29.8 Å². The van der Waals surface area contributed by atoms with E-state index in [0.717, 1.165) is 9.87 Å². The van der Waals surface area contributed by atoms with Gasteiger partial charge in [0.1, 0.15) is 0 Å². The zero-order valence-corrected chi connectivity index (χ0v) is 17.8. The molecular weight excluding hydrogens is 414 g/mol. The molecule has 3 rings (SSSR count). The lowest BCUT2D eigenvalue weighted by molar-refractivity contribution is -0.116. The summed E-state index contributed by atoms with van der Waals surface area (Å²) in [5, 5.41) is 5.46. The molecule has 0 aliphatic rings. The average Bonchev–Trinajstić information content (AvgIpc) is 2.79. The first kappa shape index (κ1) is 22.2. The van der Waals surface area contributed by atoms with Gasteiger partial charge in [-0.1, -0.05) is 60.7 Å². The topological polar surface area (TPSA) is 95.6 Å². The molecule has 0 aliphatic heterocycles. The van der Waals surface area contributed by atoms with E-state index in [1.165, 1.54) is 19.2 Å². The second-order valence-corrected chi connectivity index (χ2v) is 8.88. The lowest BCUT2D eigenvalue weighted by atomic mass is 10.1. The van der Waals surface area contributed by atoms with Crippen LogP contribution >= 0.6 is 0 Å². The predicted molar refractivity (Wildman–Crippen MR) is 119 cm³/mol. The van der Waals surface area contributed by atoms with Gasteiger partial charge in [0, 0.05) is 13.6 Å². The van der Waals surface area contributed by atoms with Crippen LogP contribution in [-0.4, -0.2) is 38.1 Å². The molecule has 0 unspecified atom stereocenters. The van der Waals surface area contributed by atoms with Gasteiger partial charge in [0.15, 0.2) is 0 Å². The molecule has 7 nitrogen and oxygen atoms in total. The van der Waals surface area contributed by atoms with Gasteiger partial charge in [0.05, 0.1) is 22.7 Å². The fourth-order valence-corrected chi connectivity index (χ4v) is 4.06. The minimum absolute atomic E-state index is 0.103. The number of hydrogen-bond donors (Lipinski definition) is 2. The molecule has 0 radical (unpaired) electrons. The van der Waals surface area contributed by atoms with Gasteiger partial charge in [-0.2, -0.15) is 4.31 Å². The molecular formula is C23H23N3O4S. The van der Waals surface area contributed by atoms with Crippen molar-refractivity contribution in [3.8, 4) is 0 Å². The van der Waals surface area contributed by atoms with Gasteiger partial charge in [-0.3, -0.25) is 9.59 Å². The first-order chi connectivity index (χ1) is 14.9. The minimum Gasteiger partial charge on any atom is -0.348 e. The van der Waals surface area contributed by atoms with Gasteiger partial charge in [-0.15, -0.1) is 0 Å². The zero-order chi connectivity index (χ0) is 22.3. The first-order valence-corrected chi connectivity index (χ1v) is 11.0. The van der Waals surface area contributed by atoms with Gasteiger partial charge >= 0.3 is 0 Å². The second kappa shape index (κ2) is 10.0. The third kappa shape index (κ3) is 5.78. The summed E-state index contributed by atoms with van der Waals surface area (Å²) >= 11 is 0. The number of benzene rings is 3. The molecule has 0 heterocycles. The average molecular weight is 438 g/mol. The number of carbonyl (C=O) groups excluding carboxylic acids is 2. The number of amides is 2. The molecule has 0 atom stereocenters. The molecule has 0 fully saturated rings. The molecule has 0 spiro atoms. The van der Waals surface area contributed by atoms with Crippen LogP contribution < -0.4 is 10.6 Å². The van der Waals surface area contributed by atoms with Crippen molar-refractivity contribution < 1.29 is 18.0 Å². The number of anilines is 1. The van der Waals surface area contributed by atoms with Crippen LogP contribution in [0.15, 0.2) is 89.8 Å². The smallest absolute Gasteiger partial charge is 0.253 e. The molecule has 0 bridgehead atoms. The van der Waals surface area contributed by atoms with Crippen molar-refractivity contribution in [1.29, 1.82) is 0 Å². The van der Waals surface area contributed by atoms with Gasteiger partial charge < -0.3 is 10.6 Å². The van der Waals surface area contributed by atoms with E-state index in [2.05, 4.69) is 10.6 Å². The largest absolute Gasteiger partial charge is 0.348 e. The summed E-state index contributed by atoms with van der Waals surface area (Å²) in [5.41, 5.74) is 1.55. The van der Waals surface area contributed by atoms with Crippen molar-refractivity contribution in [3.05, 3.63) is 96.1 Å². The Morgan fingerprint density at radius 3 is 2.10 bits per heavy atom. The van der Waals surface area contributed by atoms with E-state index in [4.69, 9.17) is 0 Å². The molecule has 0 aromatic heterocycles. The highest BCUT2D eigenvalue weighted by molar-refractivity contribution is 7.89. The maximum absolute atomic E-state index is 12.6. The number of rotatable bonds is 8. The maximum atomic E-state index is 12.6. The third-order valence-electron chi connectivity index (χ3n) is 4.56. The summed E-state index contributed by atoms with van der Waals surface area (Å²) in [4.78, 5) is 25.2. The summed E-state index contributed by atoms with van der Waals surface area (Å²) in [5.74, 6) is -0.893. The molecule has 0 saturated heterocycles. The zero-order valence-electron chi connectivity index (χ0n) is 17.0. The lowest BCUT2D eigenvalue weighted by Crippen LogP contribution is -2.35. The Hall–Kier alpha value is -3.49. The number of sulfonamides is 1. The van der Waals surface area contributed by atoms with Crippen molar-refractivity contribution in [2.75, 3.05) is 18.9 Å². The van der Waals surface area contributed by atoms with E-state index in [1.54, 1.807) is 42.5 Å². The van der Waals surface area contributed by atoms with Crippen LogP contribution in [0.2, 0.25) is 0 Å². The van der Waals surface area contributed by atoms with Gasteiger partial charge in [-0.25, -0.2) is 8.42 Å². The summed E-state index contributed by atoms with van der Waals surface area (Å²) < 4.78 is 26.2. The Morgan fingerprint density at radius 2 is 1.42 bits per heavy atom. The van der Waals surface area contributed by atoms with E-state index in [0.29, 0.717) is 17.8 Å². The molecule has 2 N–H and O–H groups in total. The predicted octanol–water partition coefficient (Wildman–Crippen LogP) is 2.88. The van der Waals surface area contributed by atoms with Crippen LogP contribution in [0.5, 0.6) is 0 Å². The van der Waals surface area contributed by atoms with Crippen LogP contribution in [0.1, 0.15) is 15.9 Å². The molecule has 31 heavy (non-hydrogen) atoms. The van der Waals surface area contributed by atoms with Crippen LogP contribution in [0.3, 0.4) is 0 Å². The van der Waals surface area contributed by atoms with E-state index in [-0.39, 0.29) is 10.8 Å². The first-order valence-electron chi connectivity index (χ1n) is 9.60. The highest BCUT2D eigenvalue weighted by Crippen LogP contribution is 2.17. The van der Waals surface area contributed by atoms with Crippen LogP contribution in [0, 0.1) is 0 Å². The molecule has 160 valence electrons. The Bertz CT molecular complexity index is 1150. The summed E-state index contributed by atoms with van der Waals surface area (Å²) in [7, 11) is -2.47. The molecule has 0 saturated carbocycles. The fraction of sp³-hybridized carbons (Fsp3) is 0.130. The summed E-state index contributed by atoms with van der Waals surface area (Å²) in [6.45, 7) is -0.0444. The fourth-order valence-electron chi connectivity index (χ4n) is 2.91.